The average molecular weight is 330 g/mol. The van der Waals surface area contributed by atoms with Gasteiger partial charge in [0.25, 0.3) is 11.8 Å². The van der Waals surface area contributed by atoms with Crippen LogP contribution in [0.3, 0.4) is 0 Å². The number of hydrogen-bond acceptors (Lipinski definition) is 4. The predicted octanol–water partition coefficient (Wildman–Crippen LogP) is 2.05. The Balaban J connectivity index is 1.93. The van der Waals surface area contributed by atoms with E-state index in [-0.39, 0.29) is 17.9 Å². The van der Waals surface area contributed by atoms with Crippen molar-refractivity contribution in [3.8, 4) is 0 Å². The van der Waals surface area contributed by atoms with E-state index < -0.39 is 0 Å². The number of rotatable bonds is 3. The molecule has 0 spiro atoms. The van der Waals surface area contributed by atoms with Gasteiger partial charge in [-0.25, -0.2) is 4.98 Å². The number of aromatic nitrogens is 2. The van der Waals surface area contributed by atoms with Gasteiger partial charge in [0.1, 0.15) is 11.5 Å². The average Bonchev–Trinajstić information content (AvgIpc) is 3.19. The van der Waals surface area contributed by atoms with Crippen molar-refractivity contribution < 1.29 is 14.0 Å². The summed E-state index contributed by atoms with van der Waals surface area (Å²) >= 11 is 0. The molecular formula is C17H22N4O3. The first-order valence-corrected chi connectivity index (χ1v) is 8.13. The topological polar surface area (TPSA) is 80.4 Å². The van der Waals surface area contributed by atoms with Crippen LogP contribution in [0.4, 0.5) is 0 Å². The van der Waals surface area contributed by atoms with Crippen LogP contribution in [0.1, 0.15) is 57.7 Å². The fraction of sp³-hybridized carbons (Fsp3) is 0.471. The number of nitrogens with one attached hydrogen (secondary N) is 1. The maximum Gasteiger partial charge on any atom is 0.276 e. The maximum absolute atomic E-state index is 12.9. The molecule has 7 nitrogen and oxygen atoms in total. The van der Waals surface area contributed by atoms with Crippen LogP contribution in [-0.2, 0) is 7.05 Å². The van der Waals surface area contributed by atoms with E-state index in [1.807, 2.05) is 22.6 Å². The number of hydrogen-bond donors (Lipinski definition) is 1. The molecule has 0 bridgehead atoms. The van der Waals surface area contributed by atoms with Crippen LogP contribution in [0.2, 0.25) is 0 Å². The monoisotopic (exact) mass is 330 g/mol. The molecule has 1 N–H and O–H groups in total. The first-order chi connectivity index (χ1) is 11.5. The number of amides is 2. The highest BCUT2D eigenvalue weighted by Crippen LogP contribution is 2.33. The number of aryl methyl sites for hydroxylation is 1. The summed E-state index contributed by atoms with van der Waals surface area (Å²) in [7, 11) is 3.47. The fourth-order valence-corrected chi connectivity index (χ4v) is 3.35. The molecule has 3 rings (SSSR count). The van der Waals surface area contributed by atoms with Crippen molar-refractivity contribution >= 4 is 11.8 Å². The van der Waals surface area contributed by atoms with Gasteiger partial charge in [-0.1, -0.05) is 0 Å². The predicted molar refractivity (Wildman–Crippen MR) is 87.7 cm³/mol. The molecule has 1 aliphatic heterocycles. The van der Waals surface area contributed by atoms with Crippen molar-refractivity contribution in [2.75, 3.05) is 13.6 Å². The molecule has 128 valence electrons. The first-order valence-electron chi connectivity index (χ1n) is 8.13. The van der Waals surface area contributed by atoms with Gasteiger partial charge in [-0.3, -0.25) is 9.59 Å². The SMILES string of the molecule is CNC(=O)c1ccc(C2CCCCN2C(=O)c2ncoc2C)n1C. The second-order valence-corrected chi connectivity index (χ2v) is 6.05. The van der Waals surface area contributed by atoms with E-state index in [1.165, 1.54) is 6.39 Å². The van der Waals surface area contributed by atoms with Crippen molar-refractivity contribution in [3.05, 3.63) is 41.4 Å². The van der Waals surface area contributed by atoms with Crippen LogP contribution in [0.5, 0.6) is 0 Å². The third-order valence-electron chi connectivity index (χ3n) is 4.67. The Morgan fingerprint density at radius 3 is 2.79 bits per heavy atom. The summed E-state index contributed by atoms with van der Waals surface area (Å²) in [5.74, 6) is 0.278. The van der Waals surface area contributed by atoms with Gasteiger partial charge >= 0.3 is 0 Å². The Bertz CT molecular complexity index is 762. The minimum Gasteiger partial charge on any atom is -0.448 e. The normalized spacial score (nSPS) is 17.8. The molecule has 1 unspecified atom stereocenters. The molecule has 0 aromatic carbocycles. The van der Waals surface area contributed by atoms with Crippen molar-refractivity contribution in [2.45, 2.75) is 32.2 Å². The molecule has 2 amide bonds. The molecule has 1 atom stereocenters. The van der Waals surface area contributed by atoms with Crippen LogP contribution in [0, 0.1) is 6.92 Å². The zero-order chi connectivity index (χ0) is 17.3. The van der Waals surface area contributed by atoms with Crippen LogP contribution >= 0.6 is 0 Å². The Morgan fingerprint density at radius 1 is 1.33 bits per heavy atom. The number of oxazole rings is 1. The second kappa shape index (κ2) is 6.51. The maximum atomic E-state index is 12.9. The number of carbonyl (C=O) groups is 2. The van der Waals surface area contributed by atoms with Crippen LogP contribution in [0.25, 0.3) is 0 Å². The summed E-state index contributed by atoms with van der Waals surface area (Å²) in [6.07, 6.45) is 4.18. The molecule has 1 aliphatic rings. The van der Waals surface area contributed by atoms with Gasteiger partial charge in [0.05, 0.1) is 6.04 Å². The summed E-state index contributed by atoms with van der Waals surface area (Å²) in [5, 5.41) is 2.64. The number of nitrogens with zero attached hydrogens (tertiary/aromatic N) is 3. The van der Waals surface area contributed by atoms with Gasteiger partial charge in [0.2, 0.25) is 0 Å². The van der Waals surface area contributed by atoms with Gasteiger partial charge in [0.15, 0.2) is 12.1 Å². The van der Waals surface area contributed by atoms with E-state index in [2.05, 4.69) is 10.3 Å². The zero-order valence-corrected chi connectivity index (χ0v) is 14.2. The minimum atomic E-state index is -0.134. The molecule has 3 heterocycles. The number of piperidine rings is 1. The molecule has 7 heteroatoms. The van der Waals surface area contributed by atoms with Gasteiger partial charge in [-0.15, -0.1) is 0 Å². The highest BCUT2D eigenvalue weighted by Gasteiger charge is 2.32. The van der Waals surface area contributed by atoms with E-state index in [0.29, 0.717) is 23.7 Å². The van der Waals surface area contributed by atoms with Gasteiger partial charge < -0.3 is 19.2 Å². The van der Waals surface area contributed by atoms with Gasteiger partial charge in [0, 0.05) is 26.3 Å². The summed E-state index contributed by atoms with van der Waals surface area (Å²) < 4.78 is 7.04. The first kappa shape index (κ1) is 16.3. The van der Waals surface area contributed by atoms with Crippen LogP contribution < -0.4 is 5.32 Å². The van der Waals surface area contributed by atoms with E-state index >= 15 is 0 Å². The van der Waals surface area contributed by atoms with Gasteiger partial charge in [-0.05, 0) is 38.3 Å². The molecule has 0 radical (unpaired) electrons. The van der Waals surface area contributed by atoms with E-state index in [0.717, 1.165) is 25.0 Å². The lowest BCUT2D eigenvalue weighted by Crippen LogP contribution is -2.39. The summed E-state index contributed by atoms with van der Waals surface area (Å²) in [5.41, 5.74) is 1.91. The minimum absolute atomic E-state index is 0.0641. The van der Waals surface area contributed by atoms with Crippen LogP contribution in [0.15, 0.2) is 22.9 Å². The fourth-order valence-electron chi connectivity index (χ4n) is 3.35. The lowest BCUT2D eigenvalue weighted by molar-refractivity contribution is 0.0595. The highest BCUT2D eigenvalue weighted by molar-refractivity contribution is 5.94. The Kier molecular flexibility index (Phi) is 4.42. The Hall–Kier alpha value is -2.57. The molecule has 0 saturated carbocycles. The summed E-state index contributed by atoms with van der Waals surface area (Å²) in [6, 6.07) is 3.66. The molecule has 0 aliphatic carbocycles. The second-order valence-electron chi connectivity index (χ2n) is 6.05. The lowest BCUT2D eigenvalue weighted by atomic mass is 9.98. The van der Waals surface area contributed by atoms with E-state index in [1.54, 1.807) is 20.0 Å². The molecule has 2 aromatic rings. The van der Waals surface area contributed by atoms with Crippen LogP contribution in [-0.4, -0.2) is 39.9 Å². The largest absolute Gasteiger partial charge is 0.448 e. The van der Waals surface area contributed by atoms with Crippen molar-refractivity contribution in [3.63, 3.8) is 0 Å². The van der Waals surface area contributed by atoms with Crippen molar-refractivity contribution in [1.29, 1.82) is 0 Å². The number of likely N-dealkylation sites (tertiary alicyclic amines) is 1. The summed E-state index contributed by atoms with van der Waals surface area (Å²) in [4.78, 5) is 30.7. The number of carbonyl (C=O) groups excluding carboxylic acids is 2. The van der Waals surface area contributed by atoms with Crippen molar-refractivity contribution in [1.82, 2.24) is 19.8 Å². The quantitative estimate of drug-likeness (QED) is 0.934. The molecule has 2 aromatic heterocycles. The molecule has 1 fully saturated rings. The zero-order valence-electron chi connectivity index (χ0n) is 14.2. The molecular weight excluding hydrogens is 308 g/mol. The lowest BCUT2D eigenvalue weighted by Gasteiger charge is -2.35. The third-order valence-corrected chi connectivity index (χ3v) is 4.67. The van der Waals surface area contributed by atoms with Crippen molar-refractivity contribution in [2.24, 2.45) is 7.05 Å². The Labute approximate surface area is 140 Å². The summed E-state index contributed by atoms with van der Waals surface area (Å²) in [6.45, 7) is 2.42. The van der Waals surface area contributed by atoms with Gasteiger partial charge in [-0.2, -0.15) is 0 Å². The molecule has 1 saturated heterocycles. The molecule has 24 heavy (non-hydrogen) atoms. The van der Waals surface area contributed by atoms with E-state index in [4.69, 9.17) is 4.42 Å². The Morgan fingerprint density at radius 2 is 2.12 bits per heavy atom. The smallest absolute Gasteiger partial charge is 0.276 e. The standard InChI is InChI=1S/C17H22N4O3/c1-11-15(19-10-24-11)17(23)21-9-5-4-6-13(21)12-7-8-14(20(12)3)16(22)18-2/h7-8,10,13H,4-6,9H2,1-3H3,(H,18,22). The third kappa shape index (κ3) is 2.70. The van der Waals surface area contributed by atoms with E-state index in [9.17, 15) is 9.59 Å². The highest BCUT2D eigenvalue weighted by atomic mass is 16.3.